The minimum Gasteiger partial charge on any atom is -0.0961 e. The van der Waals surface area contributed by atoms with Crippen LogP contribution in [0.5, 0.6) is 0 Å². The van der Waals surface area contributed by atoms with Crippen molar-refractivity contribution in [2.24, 2.45) is 0 Å². The summed E-state index contributed by atoms with van der Waals surface area (Å²) in [6.45, 7) is 10.1. The molecule has 0 heterocycles. The van der Waals surface area contributed by atoms with E-state index in [1.807, 2.05) is 13.8 Å². The van der Waals surface area contributed by atoms with Gasteiger partial charge in [-0.15, -0.1) is 0 Å². The van der Waals surface area contributed by atoms with Crippen molar-refractivity contribution >= 4 is 0 Å². The highest BCUT2D eigenvalue weighted by molar-refractivity contribution is 5.20. The number of allylic oxidation sites excluding steroid dienone is 5. The van der Waals surface area contributed by atoms with E-state index in [4.69, 9.17) is 0 Å². The van der Waals surface area contributed by atoms with Crippen molar-refractivity contribution in [2.75, 3.05) is 0 Å². The lowest BCUT2D eigenvalue weighted by atomic mass is 10.1. The van der Waals surface area contributed by atoms with Gasteiger partial charge in [0.15, 0.2) is 0 Å². The maximum Gasteiger partial charge on any atom is -0.0136 e. The molecule has 0 aliphatic rings. The molecular formula is C11H18. The molecule has 62 valence electrons. The molecule has 0 aromatic heterocycles. The molecular weight excluding hydrogens is 132 g/mol. The molecule has 0 aromatic carbocycles. The Morgan fingerprint density at radius 2 is 2.09 bits per heavy atom. The van der Waals surface area contributed by atoms with Gasteiger partial charge in [0.2, 0.25) is 0 Å². The lowest BCUT2D eigenvalue weighted by Crippen LogP contribution is -1.78. The summed E-state index contributed by atoms with van der Waals surface area (Å²) >= 11 is 0. The van der Waals surface area contributed by atoms with Gasteiger partial charge in [-0.3, -0.25) is 0 Å². The summed E-state index contributed by atoms with van der Waals surface area (Å²) in [4.78, 5) is 0. The maximum absolute atomic E-state index is 3.85. The first-order valence-electron chi connectivity index (χ1n) is 4.16. The summed E-state index contributed by atoms with van der Waals surface area (Å²) in [5.74, 6) is 0. The first kappa shape index (κ1) is 10.2. The normalized spacial score (nSPS) is 12.5. The predicted octanol–water partition coefficient (Wildman–Crippen LogP) is 3.87. The third-order valence-corrected chi connectivity index (χ3v) is 1.52. The third-order valence-electron chi connectivity index (χ3n) is 1.52. The highest BCUT2D eigenvalue weighted by atomic mass is 14.0. The Morgan fingerprint density at radius 1 is 1.45 bits per heavy atom. The van der Waals surface area contributed by atoms with Gasteiger partial charge in [-0.1, -0.05) is 42.9 Å². The van der Waals surface area contributed by atoms with Crippen molar-refractivity contribution in [3.05, 3.63) is 36.0 Å². The molecule has 0 nitrogen and oxygen atoms in total. The fourth-order valence-electron chi connectivity index (χ4n) is 0.923. The first-order chi connectivity index (χ1) is 5.20. The van der Waals surface area contributed by atoms with E-state index in [1.54, 1.807) is 0 Å². The summed E-state index contributed by atoms with van der Waals surface area (Å²) in [6, 6.07) is 0. The molecule has 0 N–H and O–H groups in total. The minimum absolute atomic E-state index is 1.07. The van der Waals surface area contributed by atoms with Crippen LogP contribution in [-0.4, -0.2) is 0 Å². The zero-order valence-electron chi connectivity index (χ0n) is 7.85. The minimum atomic E-state index is 1.07. The van der Waals surface area contributed by atoms with E-state index in [1.165, 1.54) is 5.57 Å². The van der Waals surface area contributed by atoms with Crippen LogP contribution in [-0.2, 0) is 0 Å². The largest absolute Gasteiger partial charge is 0.0961 e. The lowest BCUT2D eigenvalue weighted by molar-refractivity contribution is 1.03. The van der Waals surface area contributed by atoms with Crippen molar-refractivity contribution in [1.82, 2.24) is 0 Å². The molecule has 0 aromatic rings. The van der Waals surface area contributed by atoms with E-state index in [-0.39, 0.29) is 0 Å². The molecule has 0 bridgehead atoms. The van der Waals surface area contributed by atoms with Gasteiger partial charge in [-0.05, 0) is 26.7 Å². The molecule has 0 saturated heterocycles. The smallest absolute Gasteiger partial charge is 0.0136 e. The van der Waals surface area contributed by atoms with Gasteiger partial charge in [0.05, 0.1) is 0 Å². The second kappa shape index (κ2) is 5.96. The first-order valence-corrected chi connectivity index (χ1v) is 4.16. The molecule has 0 amide bonds. The van der Waals surface area contributed by atoms with Crippen molar-refractivity contribution in [1.29, 1.82) is 0 Å². The Labute approximate surface area is 70.3 Å². The van der Waals surface area contributed by atoms with Crippen molar-refractivity contribution in [3.63, 3.8) is 0 Å². The van der Waals surface area contributed by atoms with E-state index in [2.05, 4.69) is 31.7 Å². The fourth-order valence-corrected chi connectivity index (χ4v) is 0.923. The number of hydrogen-bond acceptors (Lipinski definition) is 0. The zero-order valence-corrected chi connectivity index (χ0v) is 7.85. The van der Waals surface area contributed by atoms with E-state index in [0.29, 0.717) is 0 Å². The maximum atomic E-state index is 3.85. The molecule has 0 aliphatic carbocycles. The van der Waals surface area contributed by atoms with Crippen LogP contribution in [0.4, 0.5) is 0 Å². The van der Waals surface area contributed by atoms with Crippen LogP contribution in [0.25, 0.3) is 0 Å². The predicted molar refractivity (Wildman–Crippen MR) is 52.6 cm³/mol. The Bertz CT molecular complexity index is 170. The van der Waals surface area contributed by atoms with Crippen LogP contribution in [0.1, 0.15) is 33.6 Å². The molecule has 0 spiro atoms. The van der Waals surface area contributed by atoms with Crippen molar-refractivity contribution in [2.45, 2.75) is 33.6 Å². The summed E-state index contributed by atoms with van der Waals surface area (Å²) in [7, 11) is 0. The molecule has 0 radical (unpaired) electrons. The van der Waals surface area contributed by atoms with Gasteiger partial charge in [-0.25, -0.2) is 0 Å². The molecule has 0 atom stereocenters. The van der Waals surface area contributed by atoms with Gasteiger partial charge in [0.25, 0.3) is 0 Å². The third kappa shape index (κ3) is 5.65. The molecule has 0 rings (SSSR count). The Morgan fingerprint density at radius 3 is 2.45 bits per heavy atom. The Balaban J connectivity index is 4.04. The summed E-state index contributed by atoms with van der Waals surface area (Å²) in [5, 5.41) is 0. The van der Waals surface area contributed by atoms with Crippen LogP contribution in [0.3, 0.4) is 0 Å². The average Bonchev–Trinajstić information content (AvgIpc) is 1.97. The highest BCUT2D eigenvalue weighted by Crippen LogP contribution is 2.09. The molecule has 0 fully saturated rings. The van der Waals surface area contributed by atoms with Gasteiger partial charge in [0.1, 0.15) is 0 Å². The van der Waals surface area contributed by atoms with Crippen LogP contribution in [0.15, 0.2) is 36.0 Å². The molecule has 0 saturated carbocycles. The van der Waals surface area contributed by atoms with Crippen molar-refractivity contribution in [3.8, 4) is 0 Å². The second-order valence-corrected chi connectivity index (χ2v) is 2.78. The number of rotatable bonds is 4. The monoisotopic (exact) mass is 150 g/mol. The number of hydrogen-bond donors (Lipinski definition) is 0. The topological polar surface area (TPSA) is 0 Å². The van der Waals surface area contributed by atoms with Gasteiger partial charge >= 0.3 is 0 Å². The zero-order chi connectivity index (χ0) is 8.69. The summed E-state index contributed by atoms with van der Waals surface area (Å²) in [6.07, 6.45) is 8.62. The molecule has 0 heteroatoms. The van der Waals surface area contributed by atoms with Gasteiger partial charge in [0, 0.05) is 0 Å². The van der Waals surface area contributed by atoms with Crippen molar-refractivity contribution < 1.29 is 0 Å². The van der Waals surface area contributed by atoms with E-state index < -0.39 is 0 Å². The van der Waals surface area contributed by atoms with E-state index >= 15 is 0 Å². The van der Waals surface area contributed by atoms with Crippen LogP contribution < -0.4 is 0 Å². The van der Waals surface area contributed by atoms with Gasteiger partial charge < -0.3 is 0 Å². The summed E-state index contributed by atoms with van der Waals surface area (Å²) in [5.41, 5.74) is 2.60. The quantitative estimate of drug-likeness (QED) is 0.421. The standard InChI is InChI=1S/C11H18/c1-5-7-8-11(6-2)9-10(3)4/h5,7,9H,3,6,8H2,1-2,4H3/b7-5-,11-9-. The SMILES string of the molecule is C=C(C)/C=C(/CC)C/C=C\C. The van der Waals surface area contributed by atoms with Crippen LogP contribution in [0, 0.1) is 0 Å². The molecule has 0 unspecified atom stereocenters. The fraction of sp³-hybridized carbons (Fsp3) is 0.455. The average molecular weight is 150 g/mol. The summed E-state index contributed by atoms with van der Waals surface area (Å²) < 4.78 is 0. The van der Waals surface area contributed by atoms with Gasteiger partial charge in [-0.2, -0.15) is 0 Å². The molecule has 0 aliphatic heterocycles. The van der Waals surface area contributed by atoms with Crippen LogP contribution in [0.2, 0.25) is 0 Å². The Hall–Kier alpha value is -0.780. The van der Waals surface area contributed by atoms with Crippen LogP contribution >= 0.6 is 0 Å². The second-order valence-electron chi connectivity index (χ2n) is 2.78. The lowest BCUT2D eigenvalue weighted by Gasteiger charge is -1.99. The molecule has 11 heavy (non-hydrogen) atoms. The highest BCUT2D eigenvalue weighted by Gasteiger charge is 1.89. The van der Waals surface area contributed by atoms with E-state index in [9.17, 15) is 0 Å². The Kier molecular flexibility index (Phi) is 5.54. The van der Waals surface area contributed by atoms with E-state index in [0.717, 1.165) is 18.4 Å².